The standard InChI is InChI=1S/C13H11BrN2O4S/c1-9-12(16(17)18)3-2-4-13(9)21(19,20)15-11-7-5-10(14)6-8-11/h2-8,15H,1H3. The summed E-state index contributed by atoms with van der Waals surface area (Å²) in [7, 11) is -3.88. The molecule has 0 aliphatic rings. The van der Waals surface area contributed by atoms with Gasteiger partial charge in [-0.3, -0.25) is 14.8 Å². The Morgan fingerprint density at radius 3 is 2.33 bits per heavy atom. The normalized spacial score (nSPS) is 11.1. The first-order valence-electron chi connectivity index (χ1n) is 5.83. The molecule has 6 nitrogen and oxygen atoms in total. The van der Waals surface area contributed by atoms with Gasteiger partial charge in [0.25, 0.3) is 15.7 Å². The van der Waals surface area contributed by atoms with Crippen LogP contribution >= 0.6 is 15.9 Å². The number of nitro benzene ring substituents is 1. The van der Waals surface area contributed by atoms with E-state index in [1.807, 2.05) is 0 Å². The van der Waals surface area contributed by atoms with Crippen molar-refractivity contribution in [3.05, 3.63) is 62.6 Å². The summed E-state index contributed by atoms with van der Waals surface area (Å²) in [5, 5.41) is 10.9. The van der Waals surface area contributed by atoms with Crippen molar-refractivity contribution in [2.75, 3.05) is 4.72 Å². The number of sulfonamides is 1. The highest BCUT2D eigenvalue weighted by Gasteiger charge is 2.22. The molecule has 0 aliphatic heterocycles. The molecule has 0 aromatic heterocycles. The maximum absolute atomic E-state index is 12.3. The summed E-state index contributed by atoms with van der Waals surface area (Å²) >= 11 is 3.25. The monoisotopic (exact) mass is 370 g/mol. The van der Waals surface area contributed by atoms with Crippen molar-refractivity contribution in [3.63, 3.8) is 0 Å². The third-order valence-electron chi connectivity index (χ3n) is 2.84. The molecule has 110 valence electrons. The smallest absolute Gasteiger partial charge is 0.273 e. The lowest BCUT2D eigenvalue weighted by atomic mass is 10.2. The molecule has 0 atom stereocenters. The van der Waals surface area contributed by atoms with Crippen LogP contribution in [0.4, 0.5) is 11.4 Å². The van der Waals surface area contributed by atoms with Crippen LogP contribution in [0.5, 0.6) is 0 Å². The predicted octanol–water partition coefficient (Wildman–Crippen LogP) is 3.47. The average Bonchev–Trinajstić information content (AvgIpc) is 2.41. The highest BCUT2D eigenvalue weighted by atomic mass is 79.9. The highest BCUT2D eigenvalue weighted by Crippen LogP contribution is 2.26. The lowest BCUT2D eigenvalue weighted by molar-refractivity contribution is -0.385. The molecule has 0 radical (unpaired) electrons. The number of nitrogens with one attached hydrogen (secondary N) is 1. The number of hydrogen-bond acceptors (Lipinski definition) is 4. The van der Waals surface area contributed by atoms with E-state index in [1.54, 1.807) is 24.3 Å². The number of benzene rings is 2. The molecule has 0 fully saturated rings. The quantitative estimate of drug-likeness (QED) is 0.658. The van der Waals surface area contributed by atoms with Gasteiger partial charge in [-0.25, -0.2) is 8.42 Å². The highest BCUT2D eigenvalue weighted by molar-refractivity contribution is 9.10. The van der Waals surface area contributed by atoms with E-state index >= 15 is 0 Å². The second-order valence-electron chi connectivity index (χ2n) is 4.27. The van der Waals surface area contributed by atoms with Crippen molar-refractivity contribution in [2.24, 2.45) is 0 Å². The van der Waals surface area contributed by atoms with Crippen LogP contribution in [-0.2, 0) is 10.0 Å². The van der Waals surface area contributed by atoms with Crippen molar-refractivity contribution in [1.82, 2.24) is 0 Å². The first-order chi connectivity index (χ1) is 9.81. The summed E-state index contributed by atoms with van der Waals surface area (Å²) in [6.45, 7) is 1.41. The molecular formula is C13H11BrN2O4S. The van der Waals surface area contributed by atoms with Crippen LogP contribution in [0.3, 0.4) is 0 Å². The molecule has 1 N–H and O–H groups in total. The molecule has 2 aromatic carbocycles. The van der Waals surface area contributed by atoms with E-state index in [0.29, 0.717) is 5.69 Å². The Morgan fingerprint density at radius 1 is 1.14 bits per heavy atom. The van der Waals surface area contributed by atoms with Gasteiger partial charge in [-0.05, 0) is 37.3 Å². The number of hydrogen-bond donors (Lipinski definition) is 1. The molecule has 0 unspecified atom stereocenters. The Hall–Kier alpha value is -1.93. The minimum absolute atomic E-state index is 0.104. The molecule has 0 saturated carbocycles. The van der Waals surface area contributed by atoms with Crippen molar-refractivity contribution in [3.8, 4) is 0 Å². The first-order valence-corrected chi connectivity index (χ1v) is 8.11. The Morgan fingerprint density at radius 2 is 1.76 bits per heavy atom. The van der Waals surface area contributed by atoms with E-state index in [9.17, 15) is 18.5 Å². The van der Waals surface area contributed by atoms with Gasteiger partial charge in [-0.2, -0.15) is 0 Å². The Balaban J connectivity index is 2.42. The van der Waals surface area contributed by atoms with Gasteiger partial charge < -0.3 is 0 Å². The van der Waals surface area contributed by atoms with Gasteiger partial charge in [0.1, 0.15) is 0 Å². The maximum Gasteiger partial charge on any atom is 0.273 e. The minimum atomic E-state index is -3.88. The molecule has 8 heteroatoms. The van der Waals surface area contributed by atoms with Gasteiger partial charge in [0.15, 0.2) is 0 Å². The number of rotatable bonds is 4. The van der Waals surface area contributed by atoms with E-state index in [4.69, 9.17) is 0 Å². The molecule has 0 amide bonds. The number of nitro groups is 1. The second kappa shape index (κ2) is 5.82. The van der Waals surface area contributed by atoms with E-state index < -0.39 is 14.9 Å². The van der Waals surface area contributed by atoms with Crippen molar-refractivity contribution in [2.45, 2.75) is 11.8 Å². The average molecular weight is 371 g/mol. The van der Waals surface area contributed by atoms with Gasteiger partial charge in [0.2, 0.25) is 0 Å². The van der Waals surface area contributed by atoms with E-state index in [1.165, 1.54) is 25.1 Å². The number of nitrogens with zero attached hydrogens (tertiary/aromatic N) is 1. The van der Waals surface area contributed by atoms with E-state index in [0.717, 1.165) is 4.47 Å². The van der Waals surface area contributed by atoms with Crippen LogP contribution in [0.25, 0.3) is 0 Å². The summed E-state index contributed by atoms with van der Waals surface area (Å²) in [6, 6.07) is 10.5. The lowest BCUT2D eigenvalue weighted by Gasteiger charge is -2.10. The summed E-state index contributed by atoms with van der Waals surface area (Å²) in [4.78, 5) is 10.2. The van der Waals surface area contributed by atoms with Crippen LogP contribution in [0, 0.1) is 17.0 Å². The fourth-order valence-corrected chi connectivity index (χ4v) is 3.41. The molecule has 0 spiro atoms. The summed E-state index contributed by atoms with van der Waals surface area (Å²) in [5.41, 5.74) is 0.255. The number of anilines is 1. The molecule has 21 heavy (non-hydrogen) atoms. The van der Waals surface area contributed by atoms with Crippen LogP contribution in [0.1, 0.15) is 5.56 Å². The minimum Gasteiger partial charge on any atom is -0.280 e. The maximum atomic E-state index is 12.3. The zero-order valence-electron chi connectivity index (χ0n) is 10.9. The van der Waals surface area contributed by atoms with Crippen LogP contribution in [0.15, 0.2) is 51.8 Å². The Bertz CT molecular complexity index is 788. The molecule has 0 saturated heterocycles. The fraction of sp³-hybridized carbons (Fsp3) is 0.0769. The molecule has 0 aliphatic carbocycles. The first kappa shape index (κ1) is 15.5. The molecule has 2 rings (SSSR count). The second-order valence-corrected chi connectivity index (χ2v) is 6.84. The van der Waals surface area contributed by atoms with Crippen LogP contribution in [-0.4, -0.2) is 13.3 Å². The van der Waals surface area contributed by atoms with Gasteiger partial charge in [0, 0.05) is 21.8 Å². The third-order valence-corrected chi connectivity index (χ3v) is 4.89. The summed E-state index contributed by atoms with van der Waals surface area (Å²) in [6.07, 6.45) is 0. The zero-order chi connectivity index (χ0) is 15.6. The van der Waals surface area contributed by atoms with E-state index in [-0.39, 0.29) is 16.1 Å². The topological polar surface area (TPSA) is 89.3 Å². The Kier molecular flexibility index (Phi) is 4.29. The summed E-state index contributed by atoms with van der Waals surface area (Å²) in [5.74, 6) is 0. The van der Waals surface area contributed by atoms with Gasteiger partial charge in [-0.1, -0.05) is 22.0 Å². The third kappa shape index (κ3) is 3.40. The van der Waals surface area contributed by atoms with Crippen molar-refractivity contribution in [1.29, 1.82) is 0 Å². The lowest BCUT2D eigenvalue weighted by Crippen LogP contribution is -2.14. The van der Waals surface area contributed by atoms with Crippen LogP contribution in [0.2, 0.25) is 0 Å². The van der Waals surface area contributed by atoms with E-state index in [2.05, 4.69) is 20.7 Å². The van der Waals surface area contributed by atoms with Gasteiger partial charge >= 0.3 is 0 Å². The van der Waals surface area contributed by atoms with Crippen molar-refractivity contribution < 1.29 is 13.3 Å². The summed E-state index contributed by atoms with van der Waals surface area (Å²) < 4.78 is 27.9. The van der Waals surface area contributed by atoms with Gasteiger partial charge in [-0.15, -0.1) is 0 Å². The molecular weight excluding hydrogens is 360 g/mol. The van der Waals surface area contributed by atoms with Gasteiger partial charge in [0.05, 0.1) is 9.82 Å². The predicted molar refractivity (Wildman–Crippen MR) is 82.8 cm³/mol. The van der Waals surface area contributed by atoms with Crippen molar-refractivity contribution >= 4 is 37.3 Å². The molecule has 0 bridgehead atoms. The molecule has 2 aromatic rings. The SMILES string of the molecule is Cc1c([N+](=O)[O-])cccc1S(=O)(=O)Nc1ccc(Br)cc1. The van der Waals surface area contributed by atoms with Crippen LogP contribution < -0.4 is 4.72 Å². The Labute approximate surface area is 130 Å². The number of halogens is 1. The largest absolute Gasteiger partial charge is 0.280 e. The molecule has 0 heterocycles. The fourth-order valence-electron chi connectivity index (χ4n) is 1.82. The zero-order valence-corrected chi connectivity index (χ0v) is 13.3.